The van der Waals surface area contributed by atoms with Crippen molar-refractivity contribution in [3.05, 3.63) is 105 Å². The molecule has 5 aromatic rings. The fourth-order valence-electron chi connectivity index (χ4n) is 4.82. The standard InChI is InChI=1S/C33H28F2N6O3S/c1-21-18-26(33(43)41(38-21)24-8-5-22(34)6-9-24)32(42)37-23-7-10-29(27(35)19-23)44-30-11-12-36-28-20-25(45-31(28)30)4-3-13-40-16-14-39(2)15-17-40/h5-12,18-20H,13-17H2,1-2H3,(H,37,42). The average molecular weight is 627 g/mol. The number of benzene rings is 2. The van der Waals surface area contributed by atoms with Crippen molar-refractivity contribution in [2.75, 3.05) is 45.1 Å². The van der Waals surface area contributed by atoms with E-state index >= 15 is 4.39 Å². The smallest absolute Gasteiger partial charge is 0.284 e. The van der Waals surface area contributed by atoms with Crippen LogP contribution in [0.5, 0.6) is 11.5 Å². The van der Waals surface area contributed by atoms with Gasteiger partial charge in [0.2, 0.25) is 0 Å². The molecule has 0 radical (unpaired) electrons. The summed E-state index contributed by atoms with van der Waals surface area (Å²) in [6, 6.07) is 14.0. The van der Waals surface area contributed by atoms with Crippen LogP contribution in [-0.2, 0) is 0 Å². The Balaban J connectivity index is 1.16. The number of aromatic nitrogens is 3. The zero-order valence-electron chi connectivity index (χ0n) is 24.5. The van der Waals surface area contributed by atoms with Crippen LogP contribution in [0.1, 0.15) is 20.9 Å². The number of ether oxygens (including phenoxy) is 1. The Morgan fingerprint density at radius 1 is 1.02 bits per heavy atom. The fraction of sp³-hybridized carbons (Fsp3) is 0.212. The van der Waals surface area contributed by atoms with Crippen LogP contribution in [0, 0.1) is 30.4 Å². The molecule has 12 heteroatoms. The molecule has 0 aliphatic carbocycles. The molecule has 0 saturated carbocycles. The van der Waals surface area contributed by atoms with Crippen LogP contribution in [0.15, 0.2) is 71.7 Å². The normalized spacial score (nSPS) is 13.8. The molecule has 0 unspecified atom stereocenters. The van der Waals surface area contributed by atoms with Gasteiger partial charge in [-0.3, -0.25) is 19.5 Å². The third-order valence-corrected chi connectivity index (χ3v) is 8.30. The zero-order chi connectivity index (χ0) is 31.5. The highest BCUT2D eigenvalue weighted by molar-refractivity contribution is 7.19. The number of rotatable bonds is 6. The topological polar surface area (TPSA) is 92.6 Å². The molecule has 1 N–H and O–H groups in total. The van der Waals surface area contributed by atoms with Crippen LogP contribution in [0.4, 0.5) is 14.5 Å². The van der Waals surface area contributed by atoms with Gasteiger partial charge in [0.1, 0.15) is 17.1 Å². The third kappa shape index (κ3) is 6.91. The van der Waals surface area contributed by atoms with Crippen LogP contribution in [0.2, 0.25) is 0 Å². The van der Waals surface area contributed by atoms with Gasteiger partial charge in [-0.15, -0.1) is 11.3 Å². The van der Waals surface area contributed by atoms with E-state index < -0.39 is 23.1 Å². The molecule has 0 atom stereocenters. The molecule has 1 aliphatic heterocycles. The Labute approximate surface area is 261 Å². The maximum atomic E-state index is 15.2. The molecule has 4 heterocycles. The van der Waals surface area contributed by atoms with Crippen molar-refractivity contribution in [1.29, 1.82) is 0 Å². The molecule has 1 saturated heterocycles. The minimum atomic E-state index is -0.745. The number of carbonyl (C=O) groups is 1. The Kier molecular flexibility index (Phi) is 8.66. The number of nitrogens with one attached hydrogen (secondary N) is 1. The number of likely N-dealkylation sites (N-methyl/N-ethyl adjacent to an activating group) is 1. The van der Waals surface area contributed by atoms with Crippen molar-refractivity contribution >= 4 is 33.1 Å². The molecule has 9 nitrogen and oxygen atoms in total. The fourth-order valence-corrected chi connectivity index (χ4v) is 5.76. The Bertz CT molecular complexity index is 2010. The number of piperazine rings is 1. The number of pyridine rings is 1. The molecular weight excluding hydrogens is 598 g/mol. The van der Waals surface area contributed by atoms with Crippen LogP contribution in [0.3, 0.4) is 0 Å². The first-order valence-corrected chi connectivity index (χ1v) is 15.0. The van der Waals surface area contributed by atoms with E-state index in [4.69, 9.17) is 4.74 Å². The summed E-state index contributed by atoms with van der Waals surface area (Å²) in [4.78, 5) is 36.0. The van der Waals surface area contributed by atoms with Crippen molar-refractivity contribution in [2.24, 2.45) is 0 Å². The van der Waals surface area contributed by atoms with Gasteiger partial charge in [-0.1, -0.05) is 11.8 Å². The van der Waals surface area contributed by atoms with Gasteiger partial charge in [-0.2, -0.15) is 9.78 Å². The quantitative estimate of drug-likeness (QED) is 0.263. The van der Waals surface area contributed by atoms with Crippen LogP contribution in [-0.4, -0.2) is 70.2 Å². The molecular formula is C33H28F2N6O3S. The highest BCUT2D eigenvalue weighted by atomic mass is 32.1. The summed E-state index contributed by atoms with van der Waals surface area (Å²) in [6.45, 7) is 6.36. The summed E-state index contributed by atoms with van der Waals surface area (Å²) >= 11 is 1.43. The number of fused-ring (bicyclic) bond motifs is 1. The lowest BCUT2D eigenvalue weighted by molar-refractivity contribution is 0.102. The lowest BCUT2D eigenvalue weighted by Gasteiger charge is -2.30. The second-order valence-corrected chi connectivity index (χ2v) is 11.7. The predicted molar refractivity (Wildman–Crippen MR) is 169 cm³/mol. The van der Waals surface area contributed by atoms with Crippen LogP contribution in [0.25, 0.3) is 15.9 Å². The van der Waals surface area contributed by atoms with Gasteiger partial charge in [-0.05, 0) is 62.5 Å². The first-order chi connectivity index (χ1) is 21.7. The average Bonchev–Trinajstić information content (AvgIpc) is 3.45. The molecule has 2 aromatic carbocycles. The molecule has 45 heavy (non-hydrogen) atoms. The number of carbonyl (C=O) groups excluding carboxylic acids is 1. The Hall–Kier alpha value is -4.96. The second kappa shape index (κ2) is 13.0. The summed E-state index contributed by atoms with van der Waals surface area (Å²) in [5.41, 5.74) is 0.608. The number of halogens is 2. The van der Waals surface area contributed by atoms with Crippen molar-refractivity contribution in [3.63, 3.8) is 0 Å². The Morgan fingerprint density at radius 2 is 1.80 bits per heavy atom. The number of amides is 1. The van der Waals surface area contributed by atoms with E-state index in [2.05, 4.69) is 44.1 Å². The molecule has 228 valence electrons. The van der Waals surface area contributed by atoms with Gasteiger partial charge in [0.15, 0.2) is 11.6 Å². The van der Waals surface area contributed by atoms with E-state index in [0.717, 1.165) is 46.5 Å². The second-order valence-electron chi connectivity index (χ2n) is 10.6. The Morgan fingerprint density at radius 3 is 2.56 bits per heavy atom. The molecule has 0 spiro atoms. The minimum Gasteiger partial charge on any atom is -0.453 e. The molecule has 3 aromatic heterocycles. The van der Waals surface area contributed by atoms with Crippen molar-refractivity contribution < 1.29 is 18.3 Å². The summed E-state index contributed by atoms with van der Waals surface area (Å²) in [5.74, 6) is 4.92. The maximum absolute atomic E-state index is 15.2. The summed E-state index contributed by atoms with van der Waals surface area (Å²) in [5, 5.41) is 6.72. The molecule has 1 aliphatic rings. The highest BCUT2D eigenvalue weighted by Gasteiger charge is 2.18. The van der Waals surface area contributed by atoms with E-state index in [9.17, 15) is 14.0 Å². The first kappa shape index (κ1) is 30.1. The monoisotopic (exact) mass is 626 g/mol. The third-order valence-electron chi connectivity index (χ3n) is 7.25. The molecule has 1 fully saturated rings. The molecule has 6 rings (SSSR count). The van der Waals surface area contributed by atoms with Crippen molar-refractivity contribution in [2.45, 2.75) is 6.92 Å². The van der Waals surface area contributed by atoms with E-state index in [1.54, 1.807) is 19.2 Å². The number of hydrogen-bond acceptors (Lipinski definition) is 8. The van der Waals surface area contributed by atoms with Crippen LogP contribution < -0.4 is 15.6 Å². The molecule has 1 amide bonds. The number of aryl methyl sites for hydroxylation is 1. The molecule has 0 bridgehead atoms. The van der Waals surface area contributed by atoms with Gasteiger partial charge in [0.05, 0.1) is 33.0 Å². The van der Waals surface area contributed by atoms with Gasteiger partial charge in [0.25, 0.3) is 11.5 Å². The van der Waals surface area contributed by atoms with Gasteiger partial charge in [0, 0.05) is 50.2 Å². The highest BCUT2D eigenvalue weighted by Crippen LogP contribution is 2.36. The predicted octanol–water partition coefficient (Wildman–Crippen LogP) is 5.07. The van der Waals surface area contributed by atoms with E-state index in [0.29, 0.717) is 29.2 Å². The summed E-state index contributed by atoms with van der Waals surface area (Å²) in [6.07, 6.45) is 1.59. The lowest BCUT2D eigenvalue weighted by Crippen LogP contribution is -2.44. The number of thiophene rings is 1. The lowest BCUT2D eigenvalue weighted by atomic mass is 10.2. The zero-order valence-corrected chi connectivity index (χ0v) is 25.3. The van der Waals surface area contributed by atoms with Crippen molar-refractivity contribution in [1.82, 2.24) is 24.6 Å². The largest absolute Gasteiger partial charge is 0.453 e. The van der Waals surface area contributed by atoms with E-state index in [1.807, 2.05) is 6.07 Å². The van der Waals surface area contributed by atoms with Gasteiger partial charge < -0.3 is 15.0 Å². The number of anilines is 1. The number of hydrogen-bond donors (Lipinski definition) is 1. The maximum Gasteiger partial charge on any atom is 0.284 e. The number of nitrogens with zero attached hydrogens (tertiary/aromatic N) is 5. The first-order valence-electron chi connectivity index (χ1n) is 14.2. The summed E-state index contributed by atoms with van der Waals surface area (Å²) < 4.78 is 36.3. The van der Waals surface area contributed by atoms with Crippen molar-refractivity contribution in [3.8, 4) is 29.0 Å². The summed E-state index contributed by atoms with van der Waals surface area (Å²) in [7, 11) is 2.12. The van der Waals surface area contributed by atoms with E-state index in [1.165, 1.54) is 53.8 Å². The van der Waals surface area contributed by atoms with E-state index in [-0.39, 0.29) is 17.0 Å². The minimum absolute atomic E-state index is 0.0463. The van der Waals surface area contributed by atoms with Gasteiger partial charge >= 0.3 is 0 Å². The van der Waals surface area contributed by atoms with Gasteiger partial charge in [-0.25, -0.2) is 8.78 Å². The van der Waals surface area contributed by atoms with Crippen LogP contribution >= 0.6 is 11.3 Å². The SMILES string of the molecule is Cc1cc(C(=O)Nc2ccc(Oc3ccnc4cc(C#CCN5CCN(C)CC5)sc34)c(F)c2)c(=O)n(-c2ccc(F)cc2)n1.